The third kappa shape index (κ3) is 8.82. The third-order valence-corrected chi connectivity index (χ3v) is 0.0781. The predicted molar refractivity (Wildman–Crippen MR) is 20.3 cm³/mol. The Morgan fingerprint density at radius 1 is 1.67 bits per heavy atom. The minimum atomic E-state index is -1.69. The molecule has 0 aliphatic carbocycles. The average Bonchev–Trinajstić information content (AvgIpc) is 1.38. The van der Waals surface area contributed by atoms with Gasteiger partial charge in [-0.15, -0.1) is 0 Å². The molecule has 0 bridgehead atoms. The Kier molecular flexibility index (Phi) is 8.88. The van der Waals surface area contributed by atoms with Gasteiger partial charge < -0.3 is 5.11 Å². The van der Waals surface area contributed by atoms with E-state index >= 15 is 0 Å². The van der Waals surface area contributed by atoms with Crippen LogP contribution in [0.5, 0.6) is 0 Å². The number of carboxylic acid groups (broad SMARTS) is 1. The molecule has 2 N–H and O–H groups in total. The van der Waals surface area contributed by atoms with E-state index < -0.39 is 6.16 Å². The zero-order valence-corrected chi connectivity index (χ0v) is 2.21. The zero-order chi connectivity index (χ0) is 4.28. The second-order valence-electron chi connectivity index (χ2n) is 0.357. The van der Waals surface area contributed by atoms with Crippen molar-refractivity contribution in [2.24, 2.45) is 0 Å². The van der Waals surface area contributed by atoms with Crippen molar-refractivity contribution in [3.63, 3.8) is 0 Å². The summed E-state index contributed by atoms with van der Waals surface area (Å²) in [6, 6.07) is 0. The van der Waals surface area contributed by atoms with E-state index in [4.69, 9.17) is 15.2 Å². The van der Waals surface area contributed by atoms with Gasteiger partial charge in [-0.3, -0.25) is 4.89 Å². The Labute approximate surface area is 63.6 Å². The molecule has 0 saturated heterocycles. The van der Waals surface area contributed by atoms with Crippen molar-refractivity contribution in [3.8, 4) is 0 Å². The van der Waals surface area contributed by atoms with E-state index in [1.165, 1.54) is 0 Å². The van der Waals surface area contributed by atoms with Crippen LogP contribution in [0.3, 0.4) is 0 Å². The normalized spacial score (nSPS) is 5.50. The molecule has 0 aromatic rings. The zero-order valence-electron chi connectivity index (χ0n) is 2.21. The topological polar surface area (TPSA) is 66.8 Å². The van der Waals surface area contributed by atoms with Crippen LogP contribution in [0, 0.1) is 0 Å². The van der Waals surface area contributed by atoms with Gasteiger partial charge in [-0.05, 0) is 0 Å². The molecule has 4 nitrogen and oxygen atoms in total. The molecule has 6 heavy (non-hydrogen) atoms. The van der Waals surface area contributed by atoms with E-state index in [0.29, 0.717) is 0 Å². The van der Waals surface area contributed by atoms with Gasteiger partial charge in [-0.2, -0.15) is 5.26 Å². The molecule has 0 spiro atoms. The van der Waals surface area contributed by atoms with Crippen LogP contribution in [-0.4, -0.2) is 54.3 Å². The van der Waals surface area contributed by atoms with Crippen LogP contribution >= 0.6 is 0 Å². The predicted octanol–water partition coefficient (Wildman–Crippen LogP) is -0.762. The first-order valence-corrected chi connectivity index (χ1v) is 0.814. The Balaban J connectivity index is 0. The van der Waals surface area contributed by atoms with Gasteiger partial charge in [-0.25, -0.2) is 4.79 Å². The van der Waals surface area contributed by atoms with Crippen molar-refractivity contribution in [2.75, 3.05) is 0 Å². The molecule has 0 radical (unpaired) electrons. The molecule has 0 unspecified atom stereocenters. The second-order valence-corrected chi connectivity index (χ2v) is 0.357. The van der Waals surface area contributed by atoms with Gasteiger partial charge in [-0.1, -0.05) is 0 Å². The van der Waals surface area contributed by atoms with Gasteiger partial charge >= 0.3 is 43.9 Å². The van der Waals surface area contributed by atoms with Crippen LogP contribution in [0.2, 0.25) is 0 Å². The first-order valence-electron chi connectivity index (χ1n) is 0.814. The van der Waals surface area contributed by atoms with E-state index in [1.807, 2.05) is 0 Å². The van der Waals surface area contributed by atoms with Gasteiger partial charge in [0.1, 0.15) is 0 Å². The summed E-state index contributed by atoms with van der Waals surface area (Å²) < 4.78 is 0. The van der Waals surface area contributed by atoms with Crippen LogP contribution in [0.4, 0.5) is 4.79 Å². The van der Waals surface area contributed by atoms with Crippen molar-refractivity contribution in [3.05, 3.63) is 0 Å². The number of hydrogen-bond acceptors (Lipinski definition) is 3. The molecule has 0 heterocycles. The van der Waals surface area contributed by atoms with E-state index in [9.17, 15) is 0 Å². The van der Waals surface area contributed by atoms with Crippen molar-refractivity contribution in [1.82, 2.24) is 0 Å². The van der Waals surface area contributed by atoms with Crippen molar-refractivity contribution in [1.29, 1.82) is 0 Å². The molecule has 0 aliphatic heterocycles. The molecule has 0 amide bonds. The summed E-state index contributed by atoms with van der Waals surface area (Å²) in [6.07, 6.45) is -1.69. The molecule has 0 fully saturated rings. The van der Waals surface area contributed by atoms with Gasteiger partial charge in [0, 0.05) is 0 Å². The average molecular weight is 120 g/mol. The Bertz CT molecular complexity index is 42.8. The summed E-state index contributed by atoms with van der Waals surface area (Å²) in [5, 5.41) is 14.3. The van der Waals surface area contributed by atoms with E-state index in [1.54, 1.807) is 0 Å². The van der Waals surface area contributed by atoms with Crippen LogP contribution in [0.1, 0.15) is 0 Å². The van der Waals surface area contributed by atoms with Crippen LogP contribution in [0.15, 0.2) is 0 Å². The maximum atomic E-state index is 8.90. The fourth-order valence-electron chi connectivity index (χ4n) is 0. The van der Waals surface area contributed by atoms with Crippen molar-refractivity contribution < 1.29 is 20.0 Å². The standard InChI is InChI=1S/CH2O4.Ca.2H/c2-1(3)5-4;;;/h4H,(H,2,3);;;. The fourth-order valence-corrected chi connectivity index (χ4v) is 0. The molecule has 0 aromatic heterocycles. The minimum absolute atomic E-state index is 0. The molecule has 0 rings (SSSR count). The molecule has 0 aromatic carbocycles. The van der Waals surface area contributed by atoms with Gasteiger partial charge in [0.25, 0.3) is 0 Å². The Morgan fingerprint density at radius 2 is 1.83 bits per heavy atom. The summed E-state index contributed by atoms with van der Waals surface area (Å²) in [5.74, 6) is 0. The van der Waals surface area contributed by atoms with Crippen molar-refractivity contribution >= 4 is 43.9 Å². The molecular formula is CH4CaO4. The summed E-state index contributed by atoms with van der Waals surface area (Å²) in [7, 11) is 0. The van der Waals surface area contributed by atoms with E-state index in [-0.39, 0.29) is 37.7 Å². The maximum absolute atomic E-state index is 8.90. The summed E-state index contributed by atoms with van der Waals surface area (Å²) in [4.78, 5) is 11.6. The Hall–Kier alpha value is 0.490. The first kappa shape index (κ1) is 9.70. The molecular weight excluding hydrogens is 116 g/mol. The van der Waals surface area contributed by atoms with Crippen LogP contribution in [0.25, 0.3) is 0 Å². The Morgan fingerprint density at radius 3 is 1.83 bits per heavy atom. The summed E-state index contributed by atoms with van der Waals surface area (Å²) >= 11 is 0. The number of carbonyl (C=O) groups is 1. The van der Waals surface area contributed by atoms with Gasteiger partial charge in [0.15, 0.2) is 0 Å². The molecule has 0 saturated carbocycles. The number of rotatable bonds is 0. The molecule has 34 valence electrons. The van der Waals surface area contributed by atoms with E-state index in [2.05, 4.69) is 4.89 Å². The molecule has 5 heteroatoms. The van der Waals surface area contributed by atoms with E-state index in [0.717, 1.165) is 0 Å². The first-order chi connectivity index (χ1) is 2.27. The second kappa shape index (κ2) is 5.49. The van der Waals surface area contributed by atoms with Gasteiger partial charge in [0.05, 0.1) is 0 Å². The van der Waals surface area contributed by atoms with Crippen molar-refractivity contribution in [2.45, 2.75) is 0 Å². The summed E-state index contributed by atoms with van der Waals surface area (Å²) in [5.41, 5.74) is 0. The van der Waals surface area contributed by atoms with Gasteiger partial charge in [0.2, 0.25) is 0 Å². The van der Waals surface area contributed by atoms with Crippen LogP contribution < -0.4 is 0 Å². The third-order valence-electron chi connectivity index (χ3n) is 0.0781. The monoisotopic (exact) mass is 120 g/mol. The van der Waals surface area contributed by atoms with Crippen LogP contribution in [-0.2, 0) is 4.89 Å². The fraction of sp³-hybridized carbons (Fsp3) is 0. The molecule has 0 atom stereocenters. The SMILES string of the molecule is O=C(O)OO.[CaH2]. The number of hydrogen-bond donors (Lipinski definition) is 2. The molecule has 0 aliphatic rings. The summed E-state index contributed by atoms with van der Waals surface area (Å²) in [6.45, 7) is 0. The quantitative estimate of drug-likeness (QED) is 0.250.